The molecule has 0 aliphatic heterocycles. The van der Waals surface area contributed by atoms with Crippen LogP contribution in [0.15, 0.2) is 64.5 Å². The quantitative estimate of drug-likeness (QED) is 0.362. The van der Waals surface area contributed by atoms with Gasteiger partial charge in [0.1, 0.15) is 0 Å². The molecule has 3 aromatic rings. The third-order valence-electron chi connectivity index (χ3n) is 4.05. The first-order valence-corrected chi connectivity index (χ1v) is 9.31. The van der Waals surface area contributed by atoms with Crippen LogP contribution in [0, 0.1) is 0 Å². The third-order valence-corrected chi connectivity index (χ3v) is 5.00. The molecule has 0 bridgehead atoms. The molecular formula is C20H20N2O3S. The van der Waals surface area contributed by atoms with Gasteiger partial charge in [0.25, 0.3) is 5.56 Å². The highest BCUT2D eigenvalue weighted by Crippen LogP contribution is 2.22. The minimum atomic E-state index is -0.182. The number of benzene rings is 2. The van der Waals surface area contributed by atoms with Crippen molar-refractivity contribution >= 4 is 28.4 Å². The van der Waals surface area contributed by atoms with Gasteiger partial charge < -0.3 is 4.74 Å². The maximum Gasteiger partial charge on any atom is 0.262 e. The summed E-state index contributed by atoms with van der Waals surface area (Å²) >= 11 is 1.28. The summed E-state index contributed by atoms with van der Waals surface area (Å²) in [5, 5.41) is 1.09. The first-order valence-electron chi connectivity index (χ1n) is 8.33. The number of Topliss-reactive ketones (excluding diaryl/α,β-unsaturated/α-hetero) is 1. The minimum Gasteiger partial charge on any atom is -0.383 e. The zero-order chi connectivity index (χ0) is 18.5. The molecule has 0 fully saturated rings. The molecule has 0 aliphatic rings. The number of fused-ring (bicyclic) bond motifs is 1. The van der Waals surface area contributed by atoms with E-state index in [1.165, 1.54) is 11.8 Å². The Balaban J connectivity index is 1.96. The number of aromatic nitrogens is 2. The van der Waals surface area contributed by atoms with Crippen molar-refractivity contribution in [3.05, 3.63) is 70.5 Å². The number of rotatable bonds is 7. The van der Waals surface area contributed by atoms with Gasteiger partial charge in [-0.1, -0.05) is 54.2 Å². The highest BCUT2D eigenvalue weighted by atomic mass is 32.2. The van der Waals surface area contributed by atoms with Crippen LogP contribution in [-0.4, -0.2) is 34.8 Å². The fourth-order valence-corrected chi connectivity index (χ4v) is 3.76. The van der Waals surface area contributed by atoms with E-state index in [-0.39, 0.29) is 23.1 Å². The van der Waals surface area contributed by atoms with Gasteiger partial charge in [0.2, 0.25) is 0 Å². The Labute approximate surface area is 156 Å². The molecule has 1 atom stereocenters. The predicted molar refractivity (Wildman–Crippen MR) is 104 cm³/mol. The Kier molecular flexibility index (Phi) is 5.85. The second kappa shape index (κ2) is 8.29. The predicted octanol–water partition coefficient (Wildman–Crippen LogP) is 3.58. The van der Waals surface area contributed by atoms with Gasteiger partial charge in [-0.25, -0.2) is 4.98 Å². The summed E-state index contributed by atoms with van der Waals surface area (Å²) in [5.74, 6) is 0.220. The van der Waals surface area contributed by atoms with E-state index in [9.17, 15) is 9.59 Å². The number of ketones is 1. The SMILES string of the molecule is COCC(C)n1c(SCC(=O)c2ccccc2)nc2ccccc2c1=O. The maximum absolute atomic E-state index is 12.9. The van der Waals surface area contributed by atoms with E-state index in [1.807, 2.05) is 43.3 Å². The lowest BCUT2D eigenvalue weighted by molar-refractivity contribution is 0.102. The van der Waals surface area contributed by atoms with E-state index in [1.54, 1.807) is 29.9 Å². The minimum absolute atomic E-state index is 0.00366. The first kappa shape index (κ1) is 18.4. The van der Waals surface area contributed by atoms with Gasteiger partial charge in [0.05, 0.1) is 29.3 Å². The number of para-hydroxylation sites is 1. The van der Waals surface area contributed by atoms with Gasteiger partial charge in [-0.15, -0.1) is 0 Å². The zero-order valence-corrected chi connectivity index (χ0v) is 15.5. The molecule has 0 radical (unpaired) electrons. The molecule has 1 heterocycles. The second-order valence-electron chi connectivity index (χ2n) is 5.97. The molecule has 1 aromatic heterocycles. The first-order chi connectivity index (χ1) is 12.6. The van der Waals surface area contributed by atoms with E-state index in [2.05, 4.69) is 4.98 Å². The van der Waals surface area contributed by atoms with Gasteiger partial charge in [-0.3, -0.25) is 14.2 Å². The number of carbonyl (C=O) groups excluding carboxylic acids is 1. The monoisotopic (exact) mass is 368 g/mol. The van der Waals surface area contributed by atoms with Gasteiger partial charge in [-0.2, -0.15) is 0 Å². The van der Waals surface area contributed by atoms with Crippen molar-refractivity contribution in [2.45, 2.75) is 18.1 Å². The molecule has 0 spiro atoms. The molecule has 3 rings (SSSR count). The molecular weight excluding hydrogens is 348 g/mol. The van der Waals surface area contributed by atoms with Gasteiger partial charge in [0.15, 0.2) is 10.9 Å². The topological polar surface area (TPSA) is 61.2 Å². The zero-order valence-electron chi connectivity index (χ0n) is 14.7. The van der Waals surface area contributed by atoms with Crippen LogP contribution in [0.25, 0.3) is 10.9 Å². The second-order valence-corrected chi connectivity index (χ2v) is 6.91. The van der Waals surface area contributed by atoms with E-state index >= 15 is 0 Å². The Hall–Kier alpha value is -2.44. The molecule has 1 unspecified atom stereocenters. The van der Waals surface area contributed by atoms with Crippen LogP contribution in [0.2, 0.25) is 0 Å². The summed E-state index contributed by atoms with van der Waals surface area (Å²) in [6, 6.07) is 16.2. The van der Waals surface area contributed by atoms with Crippen molar-refractivity contribution in [3.63, 3.8) is 0 Å². The van der Waals surface area contributed by atoms with E-state index < -0.39 is 0 Å². The van der Waals surface area contributed by atoms with Crippen molar-refractivity contribution in [2.75, 3.05) is 19.5 Å². The average Bonchev–Trinajstić information content (AvgIpc) is 2.67. The van der Waals surface area contributed by atoms with Crippen molar-refractivity contribution in [1.82, 2.24) is 9.55 Å². The highest BCUT2D eigenvalue weighted by molar-refractivity contribution is 7.99. The summed E-state index contributed by atoms with van der Waals surface area (Å²) in [4.78, 5) is 30.0. The summed E-state index contributed by atoms with van der Waals surface area (Å²) in [7, 11) is 1.60. The Morgan fingerprint density at radius 1 is 1.15 bits per heavy atom. The number of methoxy groups -OCH3 is 1. The lowest BCUT2D eigenvalue weighted by atomic mass is 10.2. The highest BCUT2D eigenvalue weighted by Gasteiger charge is 2.17. The summed E-state index contributed by atoms with van der Waals surface area (Å²) < 4.78 is 6.83. The van der Waals surface area contributed by atoms with Crippen LogP contribution in [0.1, 0.15) is 23.3 Å². The van der Waals surface area contributed by atoms with Gasteiger partial charge >= 0.3 is 0 Å². The number of hydrogen-bond donors (Lipinski definition) is 0. The van der Waals surface area contributed by atoms with E-state index in [4.69, 9.17) is 4.74 Å². The number of hydrogen-bond acceptors (Lipinski definition) is 5. The van der Waals surface area contributed by atoms with Crippen molar-refractivity contribution in [3.8, 4) is 0 Å². The maximum atomic E-state index is 12.9. The van der Waals surface area contributed by atoms with Crippen LogP contribution in [0.3, 0.4) is 0 Å². The smallest absolute Gasteiger partial charge is 0.262 e. The molecule has 2 aromatic carbocycles. The molecule has 134 valence electrons. The normalized spacial score (nSPS) is 12.2. The molecule has 0 N–H and O–H groups in total. The summed E-state index contributed by atoms with van der Waals surface area (Å²) in [5.41, 5.74) is 1.17. The summed E-state index contributed by atoms with van der Waals surface area (Å²) in [6.07, 6.45) is 0. The van der Waals surface area contributed by atoms with Gasteiger partial charge in [-0.05, 0) is 19.1 Å². The van der Waals surface area contributed by atoms with Gasteiger partial charge in [0, 0.05) is 12.7 Å². The molecule has 0 saturated heterocycles. The Bertz CT molecular complexity index is 970. The number of carbonyl (C=O) groups is 1. The molecule has 0 saturated carbocycles. The van der Waals surface area contributed by atoms with Crippen LogP contribution in [0.5, 0.6) is 0 Å². The Morgan fingerprint density at radius 2 is 1.85 bits per heavy atom. The lowest BCUT2D eigenvalue weighted by Gasteiger charge is -2.18. The van der Waals surface area contributed by atoms with Crippen LogP contribution in [0.4, 0.5) is 0 Å². The standard InChI is InChI=1S/C20H20N2O3S/c1-14(12-25-2)22-19(24)16-10-6-7-11-17(16)21-20(22)26-13-18(23)15-8-4-3-5-9-15/h3-11,14H,12-13H2,1-2H3. The average molecular weight is 368 g/mol. The number of thioether (sulfide) groups is 1. The van der Waals surface area contributed by atoms with Crippen molar-refractivity contribution in [1.29, 1.82) is 0 Å². The molecule has 26 heavy (non-hydrogen) atoms. The largest absolute Gasteiger partial charge is 0.383 e. The fourth-order valence-electron chi connectivity index (χ4n) is 2.77. The summed E-state index contributed by atoms with van der Waals surface area (Å²) in [6.45, 7) is 2.30. The van der Waals surface area contributed by atoms with Crippen molar-refractivity contribution < 1.29 is 9.53 Å². The van der Waals surface area contributed by atoms with Crippen LogP contribution in [-0.2, 0) is 4.74 Å². The lowest BCUT2D eigenvalue weighted by Crippen LogP contribution is -2.28. The van der Waals surface area contributed by atoms with Crippen molar-refractivity contribution in [2.24, 2.45) is 0 Å². The molecule has 6 heteroatoms. The van der Waals surface area contributed by atoms with E-state index in [0.717, 1.165) is 0 Å². The molecule has 0 amide bonds. The number of nitrogens with zero attached hydrogens (tertiary/aromatic N) is 2. The van der Waals surface area contributed by atoms with E-state index in [0.29, 0.717) is 28.2 Å². The third kappa shape index (κ3) is 3.86. The fraction of sp³-hybridized carbons (Fsp3) is 0.250. The molecule has 5 nitrogen and oxygen atoms in total. The molecule has 0 aliphatic carbocycles. The van der Waals surface area contributed by atoms with Crippen LogP contribution < -0.4 is 5.56 Å². The Morgan fingerprint density at radius 3 is 2.58 bits per heavy atom. The van der Waals surface area contributed by atoms with Crippen LogP contribution >= 0.6 is 11.8 Å². The number of ether oxygens (including phenoxy) is 1.